The van der Waals surface area contributed by atoms with Gasteiger partial charge in [-0.2, -0.15) is 0 Å². The van der Waals surface area contributed by atoms with E-state index in [-0.39, 0.29) is 5.79 Å². The summed E-state index contributed by atoms with van der Waals surface area (Å²) in [6, 6.07) is 12.0. The van der Waals surface area contributed by atoms with Gasteiger partial charge in [-0.1, -0.05) is 81.8 Å². The number of rotatable bonds is 10. The zero-order valence-electron chi connectivity index (χ0n) is 14.4. The van der Waals surface area contributed by atoms with E-state index in [0.717, 1.165) is 6.42 Å². The van der Waals surface area contributed by atoms with E-state index in [1.807, 2.05) is 43.3 Å². The predicted octanol–water partition coefficient (Wildman–Crippen LogP) is 5.82. The third-order valence-corrected chi connectivity index (χ3v) is 3.76. The molecule has 0 heterocycles. The molecule has 0 aliphatic carbocycles. The van der Waals surface area contributed by atoms with Crippen LogP contribution in [0.4, 0.5) is 0 Å². The summed E-state index contributed by atoms with van der Waals surface area (Å²) in [4.78, 5) is 0. The maximum atomic E-state index is 5.31. The fourth-order valence-corrected chi connectivity index (χ4v) is 2.08. The summed E-state index contributed by atoms with van der Waals surface area (Å²) in [5.74, 6) is -0.372. The number of ether oxygens (including phenoxy) is 2. The SMILES string of the molecule is CCCCCCCCCC(C)(OC)OC.c1ccccc1. The van der Waals surface area contributed by atoms with Gasteiger partial charge in [0.05, 0.1) is 0 Å². The Balaban J connectivity index is 0.000000547. The van der Waals surface area contributed by atoms with Gasteiger partial charge in [0.2, 0.25) is 0 Å². The monoisotopic (exact) mass is 294 g/mol. The summed E-state index contributed by atoms with van der Waals surface area (Å²) in [5.41, 5.74) is 0. The summed E-state index contributed by atoms with van der Waals surface area (Å²) in [5, 5.41) is 0. The van der Waals surface area contributed by atoms with Crippen molar-refractivity contribution in [2.45, 2.75) is 71.0 Å². The molecule has 1 aromatic carbocycles. The Morgan fingerprint density at radius 2 is 1.05 bits per heavy atom. The Hall–Kier alpha value is -0.860. The minimum atomic E-state index is -0.372. The molecule has 0 atom stereocenters. The van der Waals surface area contributed by atoms with Crippen LogP contribution in [0.25, 0.3) is 0 Å². The lowest BCUT2D eigenvalue weighted by atomic mass is 10.1. The molecular formula is C19H34O2. The highest BCUT2D eigenvalue weighted by molar-refractivity contribution is 4.99. The number of benzene rings is 1. The molecule has 2 heteroatoms. The summed E-state index contributed by atoms with van der Waals surface area (Å²) in [6.07, 6.45) is 10.3. The molecule has 0 aliphatic heterocycles. The highest BCUT2D eigenvalue weighted by atomic mass is 16.7. The average Bonchev–Trinajstić information content (AvgIpc) is 2.56. The minimum Gasteiger partial charge on any atom is -0.353 e. The minimum absolute atomic E-state index is 0.372. The van der Waals surface area contributed by atoms with Gasteiger partial charge < -0.3 is 9.47 Å². The molecule has 0 amide bonds. The van der Waals surface area contributed by atoms with Gasteiger partial charge in [-0.05, 0) is 13.3 Å². The lowest BCUT2D eigenvalue weighted by Crippen LogP contribution is -2.29. The van der Waals surface area contributed by atoms with E-state index in [4.69, 9.17) is 9.47 Å². The Morgan fingerprint density at radius 3 is 1.43 bits per heavy atom. The normalized spacial score (nSPS) is 10.9. The zero-order valence-corrected chi connectivity index (χ0v) is 14.4. The quantitative estimate of drug-likeness (QED) is 0.399. The number of hydrogen-bond acceptors (Lipinski definition) is 2. The van der Waals surface area contributed by atoms with E-state index in [0.29, 0.717) is 0 Å². The highest BCUT2D eigenvalue weighted by Gasteiger charge is 2.21. The Labute approximate surface area is 131 Å². The summed E-state index contributed by atoms with van der Waals surface area (Å²) in [7, 11) is 3.43. The second-order valence-corrected chi connectivity index (χ2v) is 5.57. The van der Waals surface area contributed by atoms with Crippen LogP contribution >= 0.6 is 0 Å². The van der Waals surface area contributed by atoms with Gasteiger partial charge in [0.25, 0.3) is 0 Å². The molecule has 0 fully saturated rings. The molecule has 0 saturated heterocycles. The van der Waals surface area contributed by atoms with Crippen LogP contribution < -0.4 is 0 Å². The Kier molecular flexibility index (Phi) is 13.5. The van der Waals surface area contributed by atoms with Gasteiger partial charge in [0.1, 0.15) is 0 Å². The van der Waals surface area contributed by atoms with Crippen molar-refractivity contribution in [1.29, 1.82) is 0 Å². The van der Waals surface area contributed by atoms with Crippen molar-refractivity contribution in [3.8, 4) is 0 Å². The van der Waals surface area contributed by atoms with Gasteiger partial charge in [-0.3, -0.25) is 0 Å². The molecule has 0 bridgehead atoms. The fourth-order valence-electron chi connectivity index (χ4n) is 2.08. The first-order chi connectivity index (χ1) is 10.2. The fraction of sp³-hybridized carbons (Fsp3) is 0.684. The zero-order chi connectivity index (χ0) is 15.8. The number of methoxy groups -OCH3 is 2. The van der Waals surface area contributed by atoms with Crippen molar-refractivity contribution in [3.63, 3.8) is 0 Å². The third kappa shape index (κ3) is 12.6. The molecular weight excluding hydrogens is 260 g/mol. The maximum absolute atomic E-state index is 5.31. The molecule has 2 nitrogen and oxygen atoms in total. The summed E-state index contributed by atoms with van der Waals surface area (Å²) >= 11 is 0. The number of hydrogen-bond donors (Lipinski definition) is 0. The first kappa shape index (κ1) is 20.1. The molecule has 0 aromatic heterocycles. The highest BCUT2D eigenvalue weighted by Crippen LogP contribution is 2.19. The van der Waals surface area contributed by atoms with Crippen LogP contribution in [0.2, 0.25) is 0 Å². The van der Waals surface area contributed by atoms with Gasteiger partial charge >= 0.3 is 0 Å². The smallest absolute Gasteiger partial charge is 0.164 e. The maximum Gasteiger partial charge on any atom is 0.164 e. The standard InChI is InChI=1S/C13H28O2.C6H6/c1-5-6-7-8-9-10-11-12-13(2,14-3)15-4;1-2-4-6-5-3-1/h5-12H2,1-4H3;1-6H. The van der Waals surface area contributed by atoms with Crippen LogP contribution in [0.1, 0.15) is 65.2 Å². The second kappa shape index (κ2) is 14.1. The largest absolute Gasteiger partial charge is 0.353 e. The second-order valence-electron chi connectivity index (χ2n) is 5.57. The van der Waals surface area contributed by atoms with Crippen molar-refractivity contribution in [3.05, 3.63) is 36.4 Å². The van der Waals surface area contributed by atoms with Crippen molar-refractivity contribution in [2.75, 3.05) is 14.2 Å². The topological polar surface area (TPSA) is 18.5 Å². The third-order valence-electron chi connectivity index (χ3n) is 3.76. The number of unbranched alkanes of at least 4 members (excludes halogenated alkanes) is 6. The molecule has 0 unspecified atom stereocenters. The summed E-state index contributed by atoms with van der Waals surface area (Å²) in [6.45, 7) is 4.26. The molecule has 21 heavy (non-hydrogen) atoms. The molecule has 0 radical (unpaired) electrons. The molecule has 122 valence electrons. The molecule has 1 rings (SSSR count). The molecule has 0 saturated carbocycles. The van der Waals surface area contributed by atoms with Crippen LogP contribution in [0.3, 0.4) is 0 Å². The van der Waals surface area contributed by atoms with E-state index in [2.05, 4.69) is 6.92 Å². The lowest BCUT2D eigenvalue weighted by molar-refractivity contribution is -0.197. The van der Waals surface area contributed by atoms with Gasteiger partial charge in [0.15, 0.2) is 5.79 Å². The van der Waals surface area contributed by atoms with E-state index < -0.39 is 0 Å². The molecule has 0 N–H and O–H groups in total. The van der Waals surface area contributed by atoms with Crippen molar-refractivity contribution in [1.82, 2.24) is 0 Å². The van der Waals surface area contributed by atoms with Crippen LogP contribution in [-0.2, 0) is 9.47 Å². The van der Waals surface area contributed by atoms with Crippen molar-refractivity contribution >= 4 is 0 Å². The van der Waals surface area contributed by atoms with Gasteiger partial charge in [-0.25, -0.2) is 0 Å². The van der Waals surface area contributed by atoms with Crippen LogP contribution in [0.5, 0.6) is 0 Å². The predicted molar refractivity (Wildman–Crippen MR) is 91.5 cm³/mol. The van der Waals surface area contributed by atoms with E-state index >= 15 is 0 Å². The van der Waals surface area contributed by atoms with Crippen LogP contribution in [0.15, 0.2) is 36.4 Å². The summed E-state index contributed by atoms with van der Waals surface area (Å²) < 4.78 is 10.6. The first-order valence-electron chi connectivity index (χ1n) is 8.29. The molecule has 0 aliphatic rings. The van der Waals surface area contributed by atoms with Gasteiger partial charge in [-0.15, -0.1) is 0 Å². The van der Waals surface area contributed by atoms with E-state index in [1.165, 1.54) is 44.9 Å². The van der Waals surface area contributed by atoms with Crippen molar-refractivity contribution in [2.24, 2.45) is 0 Å². The molecule has 1 aromatic rings. The Morgan fingerprint density at radius 1 is 0.667 bits per heavy atom. The van der Waals surface area contributed by atoms with Crippen LogP contribution in [-0.4, -0.2) is 20.0 Å². The van der Waals surface area contributed by atoms with E-state index in [9.17, 15) is 0 Å². The van der Waals surface area contributed by atoms with Crippen LogP contribution in [0, 0.1) is 0 Å². The Bertz CT molecular complexity index is 267. The van der Waals surface area contributed by atoms with Gasteiger partial charge in [0, 0.05) is 20.6 Å². The first-order valence-corrected chi connectivity index (χ1v) is 8.29. The van der Waals surface area contributed by atoms with Crippen molar-refractivity contribution < 1.29 is 9.47 Å². The average molecular weight is 294 g/mol. The lowest BCUT2D eigenvalue weighted by Gasteiger charge is -2.26. The van der Waals surface area contributed by atoms with E-state index in [1.54, 1.807) is 14.2 Å². The molecule has 0 spiro atoms.